The molecule has 0 N–H and O–H groups in total. The van der Waals surface area contributed by atoms with Crippen molar-refractivity contribution < 1.29 is 0 Å². The van der Waals surface area contributed by atoms with E-state index in [1.54, 1.807) is 0 Å². The van der Waals surface area contributed by atoms with Gasteiger partial charge in [-0.25, -0.2) is 0 Å². The van der Waals surface area contributed by atoms with Gasteiger partial charge in [-0.05, 0) is 51.6 Å². The van der Waals surface area contributed by atoms with Crippen LogP contribution in [0.4, 0.5) is 0 Å². The molecule has 3 aliphatic rings. The maximum absolute atomic E-state index is 2.77. The monoisotopic (exact) mass is 236 g/mol. The number of hydrogen-bond acceptors (Lipinski definition) is 2. The first kappa shape index (κ1) is 12.0. The summed E-state index contributed by atoms with van der Waals surface area (Å²) in [4.78, 5) is 5.53. The van der Waals surface area contributed by atoms with Crippen molar-refractivity contribution in [2.24, 2.45) is 5.92 Å². The fourth-order valence-electron chi connectivity index (χ4n) is 3.71. The Hall–Kier alpha value is -0.0800. The van der Waals surface area contributed by atoms with Crippen molar-refractivity contribution in [1.29, 1.82) is 0 Å². The van der Waals surface area contributed by atoms with Crippen LogP contribution in [0.15, 0.2) is 0 Å². The van der Waals surface area contributed by atoms with Crippen molar-refractivity contribution in [2.45, 2.75) is 64.0 Å². The van der Waals surface area contributed by atoms with E-state index >= 15 is 0 Å². The van der Waals surface area contributed by atoms with Crippen LogP contribution in [0.1, 0.15) is 51.9 Å². The molecule has 3 fully saturated rings. The number of piperazine rings is 1. The quantitative estimate of drug-likeness (QED) is 0.740. The van der Waals surface area contributed by atoms with Crippen LogP contribution in [0.2, 0.25) is 0 Å². The zero-order chi connectivity index (χ0) is 11.7. The van der Waals surface area contributed by atoms with Gasteiger partial charge in [0.25, 0.3) is 0 Å². The average Bonchev–Trinajstić information content (AvgIpc) is 3.14. The Morgan fingerprint density at radius 3 is 2.76 bits per heavy atom. The summed E-state index contributed by atoms with van der Waals surface area (Å²) in [5, 5.41) is 0. The fourth-order valence-corrected chi connectivity index (χ4v) is 3.71. The summed E-state index contributed by atoms with van der Waals surface area (Å²) in [6.45, 7) is 7.84. The number of hydrogen-bond donors (Lipinski definition) is 0. The largest absolute Gasteiger partial charge is 0.298 e. The molecule has 2 aliphatic heterocycles. The van der Waals surface area contributed by atoms with Gasteiger partial charge in [0.15, 0.2) is 0 Å². The van der Waals surface area contributed by atoms with Gasteiger partial charge in [-0.15, -0.1) is 0 Å². The molecular weight excluding hydrogens is 208 g/mol. The molecule has 0 aromatic carbocycles. The Bertz CT molecular complexity index is 249. The Morgan fingerprint density at radius 2 is 1.94 bits per heavy atom. The first-order valence-electron chi connectivity index (χ1n) is 7.81. The molecule has 2 heterocycles. The van der Waals surface area contributed by atoms with E-state index in [4.69, 9.17) is 0 Å². The molecule has 1 saturated carbocycles. The fraction of sp³-hybridized carbons (Fsp3) is 1.00. The summed E-state index contributed by atoms with van der Waals surface area (Å²) < 4.78 is 0. The zero-order valence-corrected chi connectivity index (χ0v) is 11.4. The molecule has 0 amide bonds. The van der Waals surface area contributed by atoms with E-state index in [1.807, 2.05) is 0 Å². The van der Waals surface area contributed by atoms with Crippen molar-refractivity contribution in [3.8, 4) is 0 Å². The van der Waals surface area contributed by atoms with Crippen LogP contribution in [0, 0.1) is 5.92 Å². The summed E-state index contributed by atoms with van der Waals surface area (Å²) in [5.41, 5.74) is 0. The standard InChI is InChI=1S/C15H28N2/c1-13-11-17-9-3-2-6-15(17)12-16(13)10-4-5-14-7-8-14/h13-15H,2-12H2,1H3. The molecule has 98 valence electrons. The maximum Gasteiger partial charge on any atom is 0.0223 e. The second kappa shape index (κ2) is 5.27. The van der Waals surface area contributed by atoms with Crippen LogP contribution in [0.3, 0.4) is 0 Å². The van der Waals surface area contributed by atoms with E-state index in [2.05, 4.69) is 16.7 Å². The summed E-state index contributed by atoms with van der Waals surface area (Å²) >= 11 is 0. The molecule has 1 aliphatic carbocycles. The second-order valence-corrected chi connectivity index (χ2v) is 6.57. The van der Waals surface area contributed by atoms with Crippen LogP contribution >= 0.6 is 0 Å². The smallest absolute Gasteiger partial charge is 0.0223 e. The summed E-state index contributed by atoms with van der Waals surface area (Å²) in [5.74, 6) is 1.11. The molecule has 17 heavy (non-hydrogen) atoms. The molecule has 2 unspecified atom stereocenters. The molecule has 3 rings (SSSR count). The SMILES string of the molecule is CC1CN2CCCCC2CN1CCCC1CC1. The molecule has 0 spiro atoms. The lowest BCUT2D eigenvalue weighted by Gasteiger charge is -2.47. The van der Waals surface area contributed by atoms with Gasteiger partial charge < -0.3 is 0 Å². The highest BCUT2D eigenvalue weighted by Gasteiger charge is 2.32. The van der Waals surface area contributed by atoms with Gasteiger partial charge in [-0.2, -0.15) is 0 Å². The third-order valence-electron chi connectivity index (χ3n) is 5.07. The lowest BCUT2D eigenvalue weighted by molar-refractivity contribution is 0.0145. The predicted octanol–water partition coefficient (Wildman–Crippen LogP) is 2.74. The van der Waals surface area contributed by atoms with E-state index in [0.717, 1.165) is 18.0 Å². The topological polar surface area (TPSA) is 6.48 Å². The molecule has 2 nitrogen and oxygen atoms in total. The first-order valence-corrected chi connectivity index (χ1v) is 7.81. The van der Waals surface area contributed by atoms with E-state index < -0.39 is 0 Å². The Morgan fingerprint density at radius 1 is 1.06 bits per heavy atom. The molecule has 2 heteroatoms. The lowest BCUT2D eigenvalue weighted by Crippen LogP contribution is -2.58. The van der Waals surface area contributed by atoms with Crippen LogP contribution in [-0.2, 0) is 0 Å². The van der Waals surface area contributed by atoms with E-state index in [1.165, 1.54) is 71.1 Å². The van der Waals surface area contributed by atoms with Gasteiger partial charge in [0.1, 0.15) is 0 Å². The van der Waals surface area contributed by atoms with Gasteiger partial charge >= 0.3 is 0 Å². The molecule has 2 saturated heterocycles. The highest BCUT2D eigenvalue weighted by atomic mass is 15.3. The third kappa shape index (κ3) is 3.03. The van der Waals surface area contributed by atoms with Crippen molar-refractivity contribution in [2.75, 3.05) is 26.2 Å². The van der Waals surface area contributed by atoms with Gasteiger partial charge in [-0.3, -0.25) is 9.80 Å². The van der Waals surface area contributed by atoms with Gasteiger partial charge in [0.2, 0.25) is 0 Å². The maximum atomic E-state index is 2.77. The third-order valence-corrected chi connectivity index (χ3v) is 5.07. The highest BCUT2D eigenvalue weighted by Crippen LogP contribution is 2.33. The highest BCUT2D eigenvalue weighted by molar-refractivity contribution is 4.89. The van der Waals surface area contributed by atoms with Crippen LogP contribution in [0.5, 0.6) is 0 Å². The van der Waals surface area contributed by atoms with Crippen molar-refractivity contribution in [1.82, 2.24) is 9.80 Å². The van der Waals surface area contributed by atoms with Crippen molar-refractivity contribution in [3.05, 3.63) is 0 Å². The lowest BCUT2D eigenvalue weighted by atomic mass is 9.97. The molecule has 2 atom stereocenters. The Labute approximate surface area is 106 Å². The predicted molar refractivity (Wildman–Crippen MR) is 72.2 cm³/mol. The van der Waals surface area contributed by atoms with E-state index in [9.17, 15) is 0 Å². The average molecular weight is 236 g/mol. The minimum Gasteiger partial charge on any atom is -0.298 e. The number of fused-ring (bicyclic) bond motifs is 1. The molecular formula is C15H28N2. The van der Waals surface area contributed by atoms with E-state index in [0.29, 0.717) is 0 Å². The summed E-state index contributed by atoms with van der Waals surface area (Å²) in [7, 11) is 0. The number of nitrogens with zero attached hydrogens (tertiary/aromatic N) is 2. The minimum absolute atomic E-state index is 0.795. The Kier molecular flexibility index (Phi) is 3.72. The number of piperidine rings is 1. The molecule has 0 radical (unpaired) electrons. The van der Waals surface area contributed by atoms with Gasteiger partial charge in [0.05, 0.1) is 0 Å². The van der Waals surface area contributed by atoms with Crippen LogP contribution in [-0.4, -0.2) is 48.1 Å². The van der Waals surface area contributed by atoms with Gasteiger partial charge in [0, 0.05) is 25.2 Å². The van der Waals surface area contributed by atoms with Crippen molar-refractivity contribution >= 4 is 0 Å². The van der Waals surface area contributed by atoms with Gasteiger partial charge in [-0.1, -0.05) is 19.3 Å². The zero-order valence-electron chi connectivity index (χ0n) is 11.4. The van der Waals surface area contributed by atoms with E-state index in [-0.39, 0.29) is 0 Å². The minimum atomic E-state index is 0.795. The van der Waals surface area contributed by atoms with Crippen molar-refractivity contribution in [3.63, 3.8) is 0 Å². The molecule has 0 aromatic rings. The first-order chi connectivity index (χ1) is 8.33. The molecule has 0 bridgehead atoms. The van der Waals surface area contributed by atoms with Crippen LogP contribution < -0.4 is 0 Å². The normalized spacial score (nSPS) is 35.8. The Balaban J connectivity index is 1.46. The number of rotatable bonds is 4. The van der Waals surface area contributed by atoms with Crippen LogP contribution in [0.25, 0.3) is 0 Å². The second-order valence-electron chi connectivity index (χ2n) is 6.57. The summed E-state index contributed by atoms with van der Waals surface area (Å²) in [6.07, 6.45) is 10.3. The summed E-state index contributed by atoms with van der Waals surface area (Å²) in [6, 6.07) is 1.68. The molecule has 0 aromatic heterocycles.